The van der Waals surface area contributed by atoms with Crippen LogP contribution in [0.2, 0.25) is 0 Å². The average molecular weight is 237 g/mol. The lowest BCUT2D eigenvalue weighted by Gasteiger charge is -2.06. The molecular weight excluding hydrogens is 226 g/mol. The van der Waals surface area contributed by atoms with Crippen LogP contribution >= 0.6 is 0 Å². The monoisotopic (exact) mass is 237 g/mol. The van der Waals surface area contributed by atoms with Gasteiger partial charge in [-0.05, 0) is 23.3 Å². The fourth-order valence-corrected chi connectivity index (χ4v) is 2.03. The molecule has 88 valence electrons. The molecule has 0 saturated heterocycles. The summed E-state index contributed by atoms with van der Waals surface area (Å²) in [5.74, 6) is 0. The Hall–Kier alpha value is -2.55. The van der Waals surface area contributed by atoms with Crippen LogP contribution in [0.15, 0.2) is 65.5 Å². The Kier molecular flexibility index (Phi) is 2.38. The quantitative estimate of drug-likeness (QED) is 0.661. The summed E-state index contributed by atoms with van der Waals surface area (Å²) in [6, 6.07) is 18.6. The second kappa shape index (κ2) is 4.04. The van der Waals surface area contributed by atoms with Gasteiger partial charge < -0.3 is 5.21 Å². The standard InChI is InChI=1S/C15H11NO2/c17-15-9-8-12-6-7-13(10-14(12)16(15)18)11-4-2-1-3-5-11/h1-10,18H. The normalized spacial score (nSPS) is 10.7. The maximum Gasteiger partial charge on any atom is 0.283 e. The first kappa shape index (κ1) is 10.6. The molecule has 0 aliphatic rings. The number of nitrogens with zero attached hydrogens (tertiary/aromatic N) is 1. The van der Waals surface area contributed by atoms with Crippen molar-refractivity contribution in [1.29, 1.82) is 0 Å². The number of aromatic nitrogens is 1. The van der Waals surface area contributed by atoms with E-state index in [-0.39, 0.29) is 0 Å². The van der Waals surface area contributed by atoms with E-state index in [9.17, 15) is 10.0 Å². The van der Waals surface area contributed by atoms with E-state index in [1.54, 1.807) is 6.07 Å². The molecule has 0 saturated carbocycles. The van der Waals surface area contributed by atoms with Gasteiger partial charge in [0.2, 0.25) is 0 Å². The van der Waals surface area contributed by atoms with Gasteiger partial charge in [-0.1, -0.05) is 42.5 Å². The second-order valence-electron chi connectivity index (χ2n) is 4.12. The summed E-state index contributed by atoms with van der Waals surface area (Å²) in [5, 5.41) is 10.6. The van der Waals surface area contributed by atoms with Gasteiger partial charge in [-0.2, -0.15) is 0 Å². The van der Waals surface area contributed by atoms with Gasteiger partial charge in [-0.15, -0.1) is 4.73 Å². The van der Waals surface area contributed by atoms with Crippen molar-refractivity contribution in [3.8, 4) is 11.1 Å². The van der Waals surface area contributed by atoms with Gasteiger partial charge in [0, 0.05) is 11.5 Å². The summed E-state index contributed by atoms with van der Waals surface area (Å²) >= 11 is 0. The minimum atomic E-state index is -0.423. The first-order valence-electron chi connectivity index (χ1n) is 5.66. The average Bonchev–Trinajstić information content (AvgIpc) is 2.44. The maximum absolute atomic E-state index is 11.4. The van der Waals surface area contributed by atoms with Crippen LogP contribution < -0.4 is 5.56 Å². The van der Waals surface area contributed by atoms with Crippen LogP contribution in [0.4, 0.5) is 0 Å². The van der Waals surface area contributed by atoms with Gasteiger partial charge in [0.25, 0.3) is 5.56 Å². The van der Waals surface area contributed by atoms with Crippen molar-refractivity contribution in [2.45, 2.75) is 0 Å². The summed E-state index contributed by atoms with van der Waals surface area (Å²) < 4.78 is 0.682. The van der Waals surface area contributed by atoms with Gasteiger partial charge in [-0.3, -0.25) is 4.79 Å². The molecule has 0 unspecified atom stereocenters. The Balaban J connectivity index is 2.28. The molecular formula is C15H11NO2. The zero-order valence-electron chi connectivity index (χ0n) is 9.58. The molecule has 18 heavy (non-hydrogen) atoms. The lowest BCUT2D eigenvalue weighted by Crippen LogP contribution is -2.16. The zero-order chi connectivity index (χ0) is 12.5. The van der Waals surface area contributed by atoms with Crippen LogP contribution in [0.3, 0.4) is 0 Å². The Labute approximate surface area is 104 Å². The number of hydrogen-bond donors (Lipinski definition) is 1. The summed E-state index contributed by atoms with van der Waals surface area (Å²) in [6.07, 6.45) is 0. The van der Waals surface area contributed by atoms with Crippen LogP contribution in [0.1, 0.15) is 0 Å². The first-order chi connectivity index (χ1) is 8.75. The van der Waals surface area contributed by atoms with Crippen molar-refractivity contribution >= 4 is 10.9 Å². The van der Waals surface area contributed by atoms with Crippen molar-refractivity contribution in [2.75, 3.05) is 0 Å². The number of hydrogen-bond acceptors (Lipinski definition) is 2. The number of rotatable bonds is 1. The van der Waals surface area contributed by atoms with Crippen molar-refractivity contribution in [1.82, 2.24) is 4.73 Å². The molecule has 3 aromatic rings. The van der Waals surface area contributed by atoms with Crippen LogP contribution in [0.5, 0.6) is 0 Å². The third kappa shape index (κ3) is 1.66. The van der Waals surface area contributed by atoms with Gasteiger partial charge in [-0.25, -0.2) is 0 Å². The molecule has 0 atom stereocenters. The van der Waals surface area contributed by atoms with Crippen molar-refractivity contribution < 1.29 is 5.21 Å². The molecule has 0 aliphatic carbocycles. The van der Waals surface area contributed by atoms with Crippen LogP contribution in [0.25, 0.3) is 22.0 Å². The van der Waals surface area contributed by atoms with E-state index in [1.807, 2.05) is 48.5 Å². The predicted molar refractivity (Wildman–Crippen MR) is 70.8 cm³/mol. The zero-order valence-corrected chi connectivity index (χ0v) is 9.58. The highest BCUT2D eigenvalue weighted by atomic mass is 16.5. The fourth-order valence-electron chi connectivity index (χ4n) is 2.03. The van der Waals surface area contributed by atoms with E-state index in [4.69, 9.17) is 0 Å². The lowest BCUT2D eigenvalue weighted by atomic mass is 10.0. The molecule has 2 aromatic carbocycles. The highest BCUT2D eigenvalue weighted by Crippen LogP contribution is 2.23. The van der Waals surface area contributed by atoms with Crippen LogP contribution in [-0.2, 0) is 0 Å². The summed E-state index contributed by atoms with van der Waals surface area (Å²) in [4.78, 5) is 11.4. The fraction of sp³-hybridized carbons (Fsp3) is 0. The van der Waals surface area contributed by atoms with Crippen LogP contribution in [-0.4, -0.2) is 9.94 Å². The van der Waals surface area contributed by atoms with Crippen LogP contribution in [0, 0.1) is 0 Å². The summed E-state index contributed by atoms with van der Waals surface area (Å²) in [5.41, 5.74) is 2.11. The van der Waals surface area contributed by atoms with E-state index in [0.29, 0.717) is 10.2 Å². The second-order valence-corrected chi connectivity index (χ2v) is 4.12. The first-order valence-corrected chi connectivity index (χ1v) is 5.66. The molecule has 3 nitrogen and oxygen atoms in total. The SMILES string of the molecule is O=c1ccc2ccc(-c3ccccc3)cc2n1O. The molecule has 3 heteroatoms. The molecule has 0 bridgehead atoms. The molecule has 1 heterocycles. The third-order valence-electron chi connectivity index (χ3n) is 2.98. The van der Waals surface area contributed by atoms with E-state index in [1.165, 1.54) is 6.07 Å². The number of pyridine rings is 1. The van der Waals surface area contributed by atoms with E-state index in [0.717, 1.165) is 16.5 Å². The Morgan fingerprint density at radius 3 is 2.33 bits per heavy atom. The van der Waals surface area contributed by atoms with Crippen molar-refractivity contribution in [3.05, 3.63) is 71.0 Å². The van der Waals surface area contributed by atoms with Gasteiger partial charge in [0.05, 0.1) is 5.52 Å². The molecule has 0 aliphatic heterocycles. The molecule has 0 amide bonds. The highest BCUT2D eigenvalue weighted by molar-refractivity contribution is 5.84. The van der Waals surface area contributed by atoms with E-state index in [2.05, 4.69) is 0 Å². The van der Waals surface area contributed by atoms with Crippen molar-refractivity contribution in [2.24, 2.45) is 0 Å². The summed E-state index contributed by atoms with van der Waals surface area (Å²) in [6.45, 7) is 0. The van der Waals surface area contributed by atoms with Gasteiger partial charge in [0.15, 0.2) is 0 Å². The van der Waals surface area contributed by atoms with Crippen molar-refractivity contribution in [3.63, 3.8) is 0 Å². The minimum Gasteiger partial charge on any atom is -0.425 e. The molecule has 1 N–H and O–H groups in total. The maximum atomic E-state index is 11.4. The van der Waals surface area contributed by atoms with E-state index >= 15 is 0 Å². The molecule has 0 radical (unpaired) electrons. The Morgan fingerprint density at radius 1 is 0.833 bits per heavy atom. The minimum absolute atomic E-state index is 0.423. The smallest absolute Gasteiger partial charge is 0.283 e. The lowest BCUT2D eigenvalue weighted by molar-refractivity contribution is 0.188. The largest absolute Gasteiger partial charge is 0.425 e. The molecule has 0 spiro atoms. The number of fused-ring (bicyclic) bond motifs is 1. The highest BCUT2D eigenvalue weighted by Gasteiger charge is 2.03. The summed E-state index contributed by atoms with van der Waals surface area (Å²) in [7, 11) is 0. The number of benzene rings is 2. The molecule has 3 rings (SSSR count). The predicted octanol–water partition coefficient (Wildman–Crippen LogP) is 2.91. The third-order valence-corrected chi connectivity index (χ3v) is 2.98. The Morgan fingerprint density at radius 2 is 1.56 bits per heavy atom. The van der Waals surface area contributed by atoms with Gasteiger partial charge in [0.1, 0.15) is 0 Å². The molecule has 1 aromatic heterocycles. The van der Waals surface area contributed by atoms with Gasteiger partial charge >= 0.3 is 0 Å². The topological polar surface area (TPSA) is 42.2 Å². The molecule has 0 fully saturated rings. The van der Waals surface area contributed by atoms with E-state index < -0.39 is 5.56 Å². The Bertz CT molecular complexity index is 760.